The van der Waals surface area contributed by atoms with Crippen molar-refractivity contribution in [3.8, 4) is 0 Å². The Kier molecular flexibility index (Phi) is 5.35. The number of methoxy groups -OCH3 is 1. The largest absolute Gasteiger partial charge is 0.432 e. The molecule has 0 amide bonds. The minimum Gasteiger partial charge on any atom is -0.432 e. The van der Waals surface area contributed by atoms with Crippen molar-refractivity contribution < 1.29 is 24.5 Å². The van der Waals surface area contributed by atoms with Crippen molar-refractivity contribution in [3.05, 3.63) is 23.8 Å². The first-order chi connectivity index (χ1) is 12.3. The number of cyclic esters (lactones) is 1. The van der Waals surface area contributed by atoms with Crippen LogP contribution in [-0.4, -0.2) is 42.3 Å². The van der Waals surface area contributed by atoms with Crippen molar-refractivity contribution in [2.45, 2.75) is 64.8 Å². The van der Waals surface area contributed by atoms with Crippen LogP contribution in [0, 0.1) is 22.7 Å². The number of fused-ring (bicyclic) bond motifs is 1. The number of aliphatic hydroxyl groups is 2. The molecule has 3 fully saturated rings. The third kappa shape index (κ3) is 3.04. The topological polar surface area (TPSA) is 76.0 Å². The van der Waals surface area contributed by atoms with Crippen LogP contribution in [0.3, 0.4) is 0 Å². The fourth-order valence-corrected chi connectivity index (χ4v) is 5.69. The van der Waals surface area contributed by atoms with Gasteiger partial charge in [0.2, 0.25) is 6.29 Å². The Morgan fingerprint density at radius 2 is 2.12 bits per heavy atom. The van der Waals surface area contributed by atoms with Crippen LogP contribution in [0.1, 0.15) is 52.4 Å². The Balaban J connectivity index is 1.84. The highest BCUT2D eigenvalue weighted by molar-refractivity contribution is 5.90. The fraction of sp³-hybridized carbons (Fsp3) is 0.762. The third-order valence-corrected chi connectivity index (χ3v) is 7.44. The van der Waals surface area contributed by atoms with E-state index in [9.17, 15) is 15.0 Å². The summed E-state index contributed by atoms with van der Waals surface area (Å²) >= 11 is 0. The van der Waals surface area contributed by atoms with Crippen LogP contribution in [0.25, 0.3) is 0 Å². The molecular formula is C21H32O5. The van der Waals surface area contributed by atoms with Crippen LogP contribution in [0.2, 0.25) is 0 Å². The van der Waals surface area contributed by atoms with Gasteiger partial charge >= 0.3 is 5.97 Å². The number of esters is 1. The van der Waals surface area contributed by atoms with Crippen molar-refractivity contribution in [2.24, 2.45) is 22.7 Å². The van der Waals surface area contributed by atoms with Gasteiger partial charge in [-0.2, -0.15) is 0 Å². The number of ether oxygens (including phenoxy) is 2. The van der Waals surface area contributed by atoms with Crippen LogP contribution >= 0.6 is 0 Å². The average Bonchev–Trinajstić information content (AvgIpc) is 2.98. The predicted molar refractivity (Wildman–Crippen MR) is 98.1 cm³/mol. The second-order valence-corrected chi connectivity index (χ2v) is 8.77. The monoisotopic (exact) mass is 364 g/mol. The Morgan fingerprint density at radius 3 is 2.73 bits per heavy atom. The molecule has 6 atom stereocenters. The highest BCUT2D eigenvalue weighted by atomic mass is 16.7. The van der Waals surface area contributed by atoms with E-state index in [-0.39, 0.29) is 29.8 Å². The van der Waals surface area contributed by atoms with Gasteiger partial charge in [0.05, 0.1) is 12.7 Å². The summed E-state index contributed by atoms with van der Waals surface area (Å²) in [5.41, 5.74) is 1.38. The number of allylic oxidation sites excluding steroid dienone is 2. The molecule has 26 heavy (non-hydrogen) atoms. The van der Waals surface area contributed by atoms with Crippen molar-refractivity contribution in [1.29, 1.82) is 0 Å². The van der Waals surface area contributed by atoms with Gasteiger partial charge in [-0.1, -0.05) is 32.1 Å². The van der Waals surface area contributed by atoms with E-state index in [2.05, 4.69) is 13.5 Å². The first-order valence-electron chi connectivity index (χ1n) is 9.65. The second kappa shape index (κ2) is 7.10. The molecule has 0 aromatic rings. The van der Waals surface area contributed by atoms with Gasteiger partial charge in [-0.3, -0.25) is 0 Å². The van der Waals surface area contributed by atoms with Gasteiger partial charge in [-0.05, 0) is 49.4 Å². The molecule has 0 aromatic heterocycles. The SMILES string of the molecule is C=C1CC[C@@H]2[C@](C)(CO)[C@H](O)CC[C@@]2(C)[C@@H]1C/C=C1\C[C@H](OC)OC1=O. The van der Waals surface area contributed by atoms with Crippen molar-refractivity contribution >= 4 is 5.97 Å². The van der Waals surface area contributed by atoms with Gasteiger partial charge < -0.3 is 19.7 Å². The summed E-state index contributed by atoms with van der Waals surface area (Å²) in [7, 11) is 1.54. The smallest absolute Gasteiger partial charge is 0.336 e. The molecule has 146 valence electrons. The summed E-state index contributed by atoms with van der Waals surface area (Å²) in [6, 6.07) is 0. The van der Waals surface area contributed by atoms with E-state index in [0.29, 0.717) is 18.4 Å². The lowest BCUT2D eigenvalue weighted by molar-refractivity contribution is -0.156. The molecule has 0 radical (unpaired) electrons. The van der Waals surface area contributed by atoms with E-state index in [4.69, 9.17) is 9.47 Å². The summed E-state index contributed by atoms with van der Waals surface area (Å²) in [4.78, 5) is 12.0. The van der Waals surface area contributed by atoms with Gasteiger partial charge in [-0.15, -0.1) is 0 Å². The molecule has 0 spiro atoms. The van der Waals surface area contributed by atoms with E-state index < -0.39 is 17.8 Å². The maximum absolute atomic E-state index is 12.0. The lowest BCUT2D eigenvalue weighted by atomic mass is 9.46. The minimum atomic E-state index is -0.480. The highest BCUT2D eigenvalue weighted by Gasteiger charge is 2.57. The molecule has 3 aliphatic rings. The number of rotatable bonds is 4. The molecule has 1 saturated heterocycles. The van der Waals surface area contributed by atoms with Crippen LogP contribution in [0.5, 0.6) is 0 Å². The van der Waals surface area contributed by atoms with Crippen LogP contribution < -0.4 is 0 Å². The van der Waals surface area contributed by atoms with Gasteiger partial charge in [0.1, 0.15) is 0 Å². The zero-order chi connectivity index (χ0) is 19.1. The number of hydrogen-bond donors (Lipinski definition) is 2. The summed E-state index contributed by atoms with van der Waals surface area (Å²) in [5, 5.41) is 20.6. The Morgan fingerprint density at radius 1 is 1.38 bits per heavy atom. The zero-order valence-electron chi connectivity index (χ0n) is 16.2. The van der Waals surface area contributed by atoms with E-state index in [1.165, 1.54) is 5.57 Å². The predicted octanol–water partition coefficient (Wildman–Crippen LogP) is 2.96. The lowest BCUT2D eigenvalue weighted by Gasteiger charge is -2.59. The quantitative estimate of drug-likeness (QED) is 0.456. The number of hydrogen-bond acceptors (Lipinski definition) is 5. The highest BCUT2D eigenvalue weighted by Crippen LogP contribution is 2.61. The number of carbonyl (C=O) groups is 1. The van der Waals surface area contributed by atoms with E-state index in [1.54, 1.807) is 7.11 Å². The van der Waals surface area contributed by atoms with E-state index in [1.807, 2.05) is 13.0 Å². The fourth-order valence-electron chi connectivity index (χ4n) is 5.69. The van der Waals surface area contributed by atoms with Crippen molar-refractivity contribution in [1.82, 2.24) is 0 Å². The Bertz CT molecular complexity index is 612. The Hall–Kier alpha value is -1.17. The van der Waals surface area contributed by atoms with Gasteiger partial charge in [-0.25, -0.2) is 4.79 Å². The maximum atomic E-state index is 12.0. The molecule has 2 N–H and O–H groups in total. The molecule has 0 bridgehead atoms. The second-order valence-electron chi connectivity index (χ2n) is 8.77. The van der Waals surface area contributed by atoms with Crippen LogP contribution in [-0.2, 0) is 14.3 Å². The molecule has 3 rings (SSSR count). The number of carbonyl (C=O) groups excluding carboxylic acids is 1. The average molecular weight is 364 g/mol. The van der Waals surface area contributed by atoms with Crippen LogP contribution in [0.15, 0.2) is 23.8 Å². The normalized spacial score (nSPS) is 44.9. The molecule has 2 saturated carbocycles. The molecular weight excluding hydrogens is 332 g/mol. The van der Waals surface area contributed by atoms with Gasteiger partial charge in [0.15, 0.2) is 0 Å². The standard InChI is InChI=1S/C21H32O5/c1-13-5-8-16-20(2,10-9-17(23)21(16,3)12-22)15(13)7-6-14-11-18(25-4)26-19(14)24/h6,15-18,22-23H,1,5,7-12H2,2-4H3/b14-6+/t15-,16+,17-,18-,20+,21+/m1/s1. The number of aliphatic hydroxyl groups excluding tert-OH is 2. The summed E-state index contributed by atoms with van der Waals surface area (Å²) < 4.78 is 10.3. The molecule has 2 aliphatic carbocycles. The van der Waals surface area contributed by atoms with Gasteiger partial charge in [0.25, 0.3) is 0 Å². The van der Waals surface area contributed by atoms with Crippen molar-refractivity contribution in [2.75, 3.05) is 13.7 Å². The first kappa shape index (κ1) is 19.6. The molecule has 5 heteroatoms. The first-order valence-corrected chi connectivity index (χ1v) is 9.65. The lowest BCUT2D eigenvalue weighted by Crippen LogP contribution is -2.57. The zero-order valence-corrected chi connectivity index (χ0v) is 16.2. The molecule has 1 aliphatic heterocycles. The van der Waals surface area contributed by atoms with Crippen LogP contribution in [0.4, 0.5) is 0 Å². The maximum Gasteiger partial charge on any atom is 0.336 e. The molecule has 1 heterocycles. The molecule has 5 nitrogen and oxygen atoms in total. The van der Waals surface area contributed by atoms with Gasteiger partial charge in [0, 0.05) is 24.5 Å². The Labute approximate surface area is 156 Å². The van der Waals surface area contributed by atoms with Crippen molar-refractivity contribution in [3.63, 3.8) is 0 Å². The van der Waals surface area contributed by atoms with E-state index >= 15 is 0 Å². The molecule has 0 aromatic carbocycles. The summed E-state index contributed by atoms with van der Waals surface area (Å²) in [6.45, 7) is 8.61. The summed E-state index contributed by atoms with van der Waals surface area (Å²) in [5.74, 6) is 0.181. The third-order valence-electron chi connectivity index (χ3n) is 7.44. The van der Waals surface area contributed by atoms with E-state index in [0.717, 1.165) is 25.7 Å². The molecule has 0 unspecified atom stereocenters. The minimum absolute atomic E-state index is 0.00342. The summed E-state index contributed by atoms with van der Waals surface area (Å²) in [6.07, 6.45) is 5.73.